The van der Waals surface area contributed by atoms with Gasteiger partial charge in [0.25, 0.3) is 0 Å². The van der Waals surface area contributed by atoms with Crippen LogP contribution in [0.5, 0.6) is 0 Å². The van der Waals surface area contributed by atoms with Crippen LogP contribution in [-0.4, -0.2) is 128 Å². The van der Waals surface area contributed by atoms with E-state index in [9.17, 15) is 184 Å². The maximum atomic E-state index is 14.0. The highest BCUT2D eigenvalue weighted by Crippen LogP contribution is 2.66. The standard InChI is InChI=1S/C20H2F40O5S/c21-2(22,1-63-66(61,62)20(59,60)13(43,44)10(37,38)15(48,49)50)3(23,24)4(25,26)5(27,28)6(29,30)7(31,32)8(33,34)11(39,40)16(51,52)64-18(55,56)19(57,58)65-17(53,54)12(41,42)9(35,36)14(45,46)47/h1H2. The van der Waals surface area contributed by atoms with Crippen LogP contribution in [0.25, 0.3) is 0 Å². The summed E-state index contributed by atoms with van der Waals surface area (Å²) in [7, 11) is -9.08. The molecule has 5 nitrogen and oxygen atoms in total. The lowest BCUT2D eigenvalue weighted by atomic mass is 9.87. The highest BCUT2D eigenvalue weighted by molar-refractivity contribution is 7.87. The van der Waals surface area contributed by atoms with Crippen LogP contribution in [0.4, 0.5) is 176 Å². The Hall–Kier alpha value is -2.97. The first kappa shape index (κ1) is 63.0. The fourth-order valence-corrected chi connectivity index (χ4v) is 4.06. The van der Waals surface area contributed by atoms with Gasteiger partial charge in [-0.1, -0.05) is 0 Å². The van der Waals surface area contributed by atoms with Gasteiger partial charge in [0, 0.05) is 0 Å². The predicted molar refractivity (Wildman–Crippen MR) is 113 cm³/mol. The first-order chi connectivity index (χ1) is 27.6. The summed E-state index contributed by atoms with van der Waals surface area (Å²) in [6.07, 6.45) is -52.1. The summed E-state index contributed by atoms with van der Waals surface area (Å²) >= 11 is 0. The molecule has 398 valence electrons. The smallest absolute Gasteiger partial charge is 0.259 e. The van der Waals surface area contributed by atoms with Crippen molar-refractivity contribution in [2.24, 2.45) is 0 Å². The van der Waals surface area contributed by atoms with E-state index < -0.39 is 130 Å². The number of ether oxygens (including phenoxy) is 2. The van der Waals surface area contributed by atoms with Gasteiger partial charge in [0.2, 0.25) is 0 Å². The summed E-state index contributed by atoms with van der Waals surface area (Å²) in [6, 6.07) is 0. The molecule has 0 radical (unpaired) electrons. The maximum Gasteiger partial charge on any atom is 0.460 e. The van der Waals surface area contributed by atoms with E-state index in [0.717, 1.165) is 4.74 Å². The van der Waals surface area contributed by atoms with Crippen molar-refractivity contribution in [3.8, 4) is 0 Å². The molecule has 0 amide bonds. The molecule has 66 heavy (non-hydrogen) atoms. The molecule has 0 rings (SSSR count). The van der Waals surface area contributed by atoms with Crippen molar-refractivity contribution < 1.29 is 198 Å². The monoisotopic (exact) mass is 1110 g/mol. The van der Waals surface area contributed by atoms with Crippen LogP contribution in [0, 0.1) is 0 Å². The van der Waals surface area contributed by atoms with E-state index in [-0.39, 0.29) is 0 Å². The molecular formula is C20H2F40O5S. The Morgan fingerprint density at radius 3 is 0.727 bits per heavy atom. The van der Waals surface area contributed by atoms with Crippen LogP contribution in [0.2, 0.25) is 0 Å². The van der Waals surface area contributed by atoms with Gasteiger partial charge in [0.15, 0.2) is 0 Å². The van der Waals surface area contributed by atoms with Gasteiger partial charge in [-0.25, -0.2) is 9.47 Å². The quantitative estimate of drug-likeness (QED) is 0.0847. The van der Waals surface area contributed by atoms with Gasteiger partial charge >= 0.3 is 123 Å². The van der Waals surface area contributed by atoms with E-state index >= 15 is 0 Å². The van der Waals surface area contributed by atoms with Crippen LogP contribution in [0.1, 0.15) is 0 Å². The van der Waals surface area contributed by atoms with Crippen molar-refractivity contribution in [2.75, 3.05) is 6.61 Å². The molecule has 0 aliphatic rings. The molecule has 0 saturated carbocycles. The zero-order valence-corrected chi connectivity index (χ0v) is 28.6. The molecule has 0 aliphatic carbocycles. The molecule has 46 heteroatoms. The lowest BCUT2D eigenvalue weighted by molar-refractivity contribution is -0.560. The summed E-state index contributed by atoms with van der Waals surface area (Å²) in [5.74, 6) is -112. The largest absolute Gasteiger partial charge is 0.460 e. The van der Waals surface area contributed by atoms with Gasteiger partial charge in [-0.05, 0) is 0 Å². The van der Waals surface area contributed by atoms with Crippen molar-refractivity contribution in [1.29, 1.82) is 0 Å². The molecule has 0 saturated heterocycles. The fraction of sp³-hybridized carbons (Fsp3) is 1.00. The number of hydrogen-bond acceptors (Lipinski definition) is 5. The van der Waals surface area contributed by atoms with E-state index in [2.05, 4.69) is 0 Å². The summed E-state index contributed by atoms with van der Waals surface area (Å²) in [4.78, 5) is 0. The number of halogens is 40. The molecule has 0 fully saturated rings. The lowest BCUT2D eigenvalue weighted by Gasteiger charge is -2.44. The Morgan fingerprint density at radius 1 is 0.258 bits per heavy atom. The Kier molecular flexibility index (Phi) is 15.1. The Labute approximate surface area is 328 Å². The van der Waals surface area contributed by atoms with Crippen molar-refractivity contribution in [2.45, 2.75) is 113 Å². The SMILES string of the molecule is O=S(=O)(OCC(F)(F)C(F)(F)C(F)(F)C(F)(F)C(F)(F)C(F)(F)C(F)(F)C(F)(F)C(F)(F)OC(F)(F)C(F)(F)OC(F)(F)C(F)(F)C(F)(F)C(F)(F)F)C(F)(F)C(F)(F)C(F)(F)C(F)(F)F. The molecule has 0 unspecified atom stereocenters. The molecule has 0 aromatic rings. The van der Waals surface area contributed by atoms with Gasteiger partial charge in [0.05, 0.1) is 0 Å². The molecule has 0 aromatic heterocycles. The number of rotatable bonds is 21. The van der Waals surface area contributed by atoms with Gasteiger partial charge in [-0.15, -0.1) is 0 Å². The average molecular weight is 1110 g/mol. The zero-order chi connectivity index (χ0) is 54.8. The molecule has 0 atom stereocenters. The average Bonchev–Trinajstić information content (AvgIpc) is 3.04. The second-order valence-electron chi connectivity index (χ2n) is 11.5. The second kappa shape index (κ2) is 15.8. The van der Waals surface area contributed by atoms with Crippen molar-refractivity contribution in [3.63, 3.8) is 0 Å². The van der Waals surface area contributed by atoms with Gasteiger partial charge in [-0.3, -0.25) is 4.18 Å². The number of alkyl halides is 40. The summed E-state index contributed by atoms with van der Waals surface area (Å²) in [5, 5.41) is -8.52. The molecule has 0 aromatic carbocycles. The van der Waals surface area contributed by atoms with Crippen LogP contribution in [0.15, 0.2) is 0 Å². The minimum Gasteiger partial charge on any atom is -0.259 e. The topological polar surface area (TPSA) is 61.8 Å². The Balaban J connectivity index is 7.27. The van der Waals surface area contributed by atoms with Crippen molar-refractivity contribution in [3.05, 3.63) is 0 Å². The van der Waals surface area contributed by atoms with Crippen molar-refractivity contribution >= 4 is 10.1 Å². The normalized spacial score (nSPS) is 17.2. The van der Waals surface area contributed by atoms with E-state index in [4.69, 9.17) is 0 Å². The van der Waals surface area contributed by atoms with Crippen LogP contribution < -0.4 is 0 Å². The third-order valence-electron chi connectivity index (χ3n) is 6.98. The Morgan fingerprint density at radius 2 is 0.470 bits per heavy atom. The molecule has 0 N–H and O–H groups in total. The highest BCUT2D eigenvalue weighted by Gasteiger charge is 2.97. The number of hydrogen-bond donors (Lipinski definition) is 0. The molecule has 0 bridgehead atoms. The van der Waals surface area contributed by atoms with Crippen LogP contribution in [0.3, 0.4) is 0 Å². The third kappa shape index (κ3) is 8.59. The maximum absolute atomic E-state index is 14.0. The molecular weight excluding hydrogens is 1110 g/mol. The minimum absolute atomic E-state index is 0.593. The van der Waals surface area contributed by atoms with E-state index in [1.54, 1.807) is 4.18 Å². The summed E-state index contributed by atoms with van der Waals surface area (Å²) in [5.41, 5.74) is 0. The van der Waals surface area contributed by atoms with Gasteiger partial charge in [-0.2, -0.15) is 184 Å². The van der Waals surface area contributed by atoms with Gasteiger partial charge < -0.3 is 0 Å². The third-order valence-corrected chi connectivity index (χ3v) is 8.30. The highest BCUT2D eigenvalue weighted by atomic mass is 32.2. The lowest BCUT2D eigenvalue weighted by Crippen LogP contribution is -2.76. The van der Waals surface area contributed by atoms with Crippen LogP contribution in [-0.2, 0) is 23.8 Å². The molecule has 0 aliphatic heterocycles. The van der Waals surface area contributed by atoms with Gasteiger partial charge in [0.1, 0.15) is 6.61 Å². The van der Waals surface area contributed by atoms with E-state index in [1.807, 2.05) is 0 Å². The van der Waals surface area contributed by atoms with Crippen molar-refractivity contribution in [1.82, 2.24) is 0 Å². The molecule has 0 spiro atoms. The van der Waals surface area contributed by atoms with E-state index in [0.29, 0.717) is 4.74 Å². The predicted octanol–water partition coefficient (Wildman–Crippen LogP) is 12.1. The van der Waals surface area contributed by atoms with E-state index in [1.165, 1.54) is 0 Å². The first-order valence-electron chi connectivity index (χ1n) is 13.5. The molecule has 0 heterocycles. The second-order valence-corrected chi connectivity index (χ2v) is 13.2. The van der Waals surface area contributed by atoms with Crippen LogP contribution >= 0.6 is 0 Å². The minimum atomic E-state index is -10.2. The summed E-state index contributed by atoms with van der Waals surface area (Å²) < 4.78 is 558. The first-order valence-corrected chi connectivity index (χ1v) is 14.9. The zero-order valence-electron chi connectivity index (χ0n) is 27.8. The summed E-state index contributed by atoms with van der Waals surface area (Å²) in [6.45, 7) is -5.26. The Bertz CT molecular complexity index is 1850. The fourth-order valence-electron chi connectivity index (χ4n) is 3.16.